The molecular weight excluding hydrogens is 374 g/mol. The van der Waals surface area contributed by atoms with Crippen LogP contribution in [0.1, 0.15) is 29.8 Å². The van der Waals surface area contributed by atoms with Gasteiger partial charge in [-0.2, -0.15) is 4.31 Å². The van der Waals surface area contributed by atoms with Crippen LogP contribution in [0.4, 0.5) is 0 Å². The maximum absolute atomic E-state index is 12.8. The summed E-state index contributed by atoms with van der Waals surface area (Å²) in [5.41, 5.74) is 8.81. The minimum atomic E-state index is -3.45. The van der Waals surface area contributed by atoms with E-state index in [4.69, 9.17) is 11.1 Å². The summed E-state index contributed by atoms with van der Waals surface area (Å²) in [7, 11) is -1.52. The third kappa shape index (κ3) is 3.29. The molecule has 0 bridgehead atoms. The van der Waals surface area contributed by atoms with E-state index in [-0.39, 0.29) is 5.84 Å². The van der Waals surface area contributed by atoms with Gasteiger partial charge in [0.25, 0.3) is 0 Å². The van der Waals surface area contributed by atoms with Crippen molar-refractivity contribution in [3.05, 3.63) is 59.4 Å². The zero-order valence-electron chi connectivity index (χ0n) is 15.7. The number of nitrogen functional groups attached to an aromatic ring is 1. The smallest absolute Gasteiger partial charge is 0.243 e. The second-order valence-electron chi connectivity index (χ2n) is 7.14. The molecule has 0 spiro atoms. The molecule has 3 N–H and O–H groups in total. The fourth-order valence-corrected chi connectivity index (χ4v) is 5.15. The van der Waals surface area contributed by atoms with Crippen molar-refractivity contribution in [2.75, 3.05) is 13.1 Å². The highest BCUT2D eigenvalue weighted by Crippen LogP contribution is 2.25. The highest BCUT2D eigenvalue weighted by Gasteiger charge is 2.27. The summed E-state index contributed by atoms with van der Waals surface area (Å²) in [5, 5.41) is 7.48. The molecule has 0 unspecified atom stereocenters. The number of benzene rings is 2. The third-order valence-corrected chi connectivity index (χ3v) is 7.17. The van der Waals surface area contributed by atoms with Gasteiger partial charge >= 0.3 is 0 Å². The molecule has 3 aromatic rings. The van der Waals surface area contributed by atoms with E-state index in [2.05, 4.69) is 4.98 Å². The summed E-state index contributed by atoms with van der Waals surface area (Å²) in [6.07, 6.45) is 2.44. The van der Waals surface area contributed by atoms with Gasteiger partial charge in [0.05, 0.1) is 15.9 Å². The van der Waals surface area contributed by atoms with Gasteiger partial charge < -0.3 is 10.3 Å². The average Bonchev–Trinajstić information content (AvgIpc) is 3.32. The molecule has 8 heteroatoms. The molecule has 1 aliphatic rings. The van der Waals surface area contributed by atoms with Crippen LogP contribution < -0.4 is 5.73 Å². The lowest BCUT2D eigenvalue weighted by Crippen LogP contribution is -2.27. The van der Waals surface area contributed by atoms with E-state index in [1.54, 1.807) is 16.4 Å². The molecule has 2 heterocycles. The largest absolute Gasteiger partial charge is 0.384 e. The van der Waals surface area contributed by atoms with E-state index in [0.29, 0.717) is 35.5 Å². The van der Waals surface area contributed by atoms with Crippen LogP contribution in [0, 0.1) is 5.41 Å². The minimum Gasteiger partial charge on any atom is -0.384 e. The Balaban J connectivity index is 1.65. The van der Waals surface area contributed by atoms with Gasteiger partial charge in [0.1, 0.15) is 11.7 Å². The van der Waals surface area contributed by atoms with Gasteiger partial charge in [0.15, 0.2) is 0 Å². The molecule has 0 atom stereocenters. The maximum Gasteiger partial charge on any atom is 0.243 e. The van der Waals surface area contributed by atoms with Crippen molar-refractivity contribution in [2.24, 2.45) is 12.8 Å². The number of aromatic nitrogens is 2. The van der Waals surface area contributed by atoms with Crippen molar-refractivity contribution in [1.82, 2.24) is 13.9 Å². The van der Waals surface area contributed by atoms with Crippen LogP contribution >= 0.6 is 0 Å². The van der Waals surface area contributed by atoms with Crippen molar-refractivity contribution in [3.63, 3.8) is 0 Å². The SMILES string of the molecule is Cn1c(Cc2ccc(C(=N)N)cc2)nc2cc(S(=O)(=O)N3CCCC3)ccc21. The van der Waals surface area contributed by atoms with Crippen LogP contribution in [0.3, 0.4) is 0 Å². The molecule has 0 saturated carbocycles. The number of hydrogen-bond donors (Lipinski definition) is 2. The van der Waals surface area contributed by atoms with Gasteiger partial charge in [-0.3, -0.25) is 5.41 Å². The lowest BCUT2D eigenvalue weighted by atomic mass is 10.1. The number of amidine groups is 1. The lowest BCUT2D eigenvalue weighted by molar-refractivity contribution is 0.477. The Morgan fingerprint density at radius 1 is 1.14 bits per heavy atom. The summed E-state index contributed by atoms with van der Waals surface area (Å²) in [6, 6.07) is 12.7. The zero-order chi connectivity index (χ0) is 19.9. The van der Waals surface area contributed by atoms with Crippen LogP contribution in [-0.4, -0.2) is 41.2 Å². The molecular formula is C20H23N5O2S. The minimum absolute atomic E-state index is 0.0426. The number of aryl methyl sites for hydroxylation is 1. The number of rotatable bonds is 5. The Kier molecular flexibility index (Phi) is 4.68. The molecule has 0 amide bonds. The van der Waals surface area contributed by atoms with Gasteiger partial charge in [0, 0.05) is 32.1 Å². The molecule has 146 valence electrons. The van der Waals surface area contributed by atoms with Crippen molar-refractivity contribution in [2.45, 2.75) is 24.2 Å². The number of nitrogens with zero attached hydrogens (tertiary/aromatic N) is 3. The quantitative estimate of drug-likeness (QED) is 0.509. The van der Waals surface area contributed by atoms with E-state index in [1.807, 2.05) is 41.9 Å². The fraction of sp³-hybridized carbons (Fsp3) is 0.300. The predicted octanol–water partition coefficient (Wildman–Crippen LogP) is 2.23. The number of nitrogens with one attached hydrogen (secondary N) is 1. The molecule has 2 aromatic carbocycles. The Bertz CT molecular complexity index is 1140. The number of hydrogen-bond acceptors (Lipinski definition) is 4. The number of fused-ring (bicyclic) bond motifs is 1. The Hall–Kier alpha value is -2.71. The van der Waals surface area contributed by atoms with Crippen LogP contribution in [0.15, 0.2) is 47.4 Å². The van der Waals surface area contributed by atoms with E-state index in [1.165, 1.54) is 0 Å². The number of imidazole rings is 1. The van der Waals surface area contributed by atoms with Crippen molar-refractivity contribution < 1.29 is 8.42 Å². The first kappa shape index (κ1) is 18.6. The van der Waals surface area contributed by atoms with Gasteiger partial charge in [-0.15, -0.1) is 0 Å². The van der Waals surface area contributed by atoms with E-state index >= 15 is 0 Å². The van der Waals surface area contributed by atoms with E-state index in [0.717, 1.165) is 29.7 Å². The van der Waals surface area contributed by atoms with Gasteiger partial charge in [-0.05, 0) is 36.6 Å². The highest BCUT2D eigenvalue weighted by atomic mass is 32.2. The molecule has 1 saturated heterocycles. The Morgan fingerprint density at radius 3 is 2.46 bits per heavy atom. The molecule has 1 fully saturated rings. The zero-order valence-corrected chi connectivity index (χ0v) is 16.5. The number of nitrogens with two attached hydrogens (primary N) is 1. The lowest BCUT2D eigenvalue weighted by Gasteiger charge is -2.15. The summed E-state index contributed by atoms with van der Waals surface area (Å²) in [5.74, 6) is 0.891. The van der Waals surface area contributed by atoms with Crippen LogP contribution in [0.25, 0.3) is 11.0 Å². The second-order valence-corrected chi connectivity index (χ2v) is 9.07. The maximum atomic E-state index is 12.8. The summed E-state index contributed by atoms with van der Waals surface area (Å²) < 4.78 is 29.2. The Labute approximate surface area is 164 Å². The van der Waals surface area contributed by atoms with Crippen LogP contribution in [0.5, 0.6) is 0 Å². The highest BCUT2D eigenvalue weighted by molar-refractivity contribution is 7.89. The third-order valence-electron chi connectivity index (χ3n) is 5.27. The first-order chi connectivity index (χ1) is 13.4. The van der Waals surface area contributed by atoms with Crippen LogP contribution in [0.2, 0.25) is 0 Å². The topological polar surface area (TPSA) is 105 Å². The molecule has 7 nitrogen and oxygen atoms in total. The molecule has 28 heavy (non-hydrogen) atoms. The first-order valence-corrected chi connectivity index (χ1v) is 10.7. The molecule has 1 aliphatic heterocycles. The van der Waals surface area contributed by atoms with Gasteiger partial charge in [0.2, 0.25) is 10.0 Å². The van der Waals surface area contributed by atoms with Crippen molar-refractivity contribution in [1.29, 1.82) is 5.41 Å². The summed E-state index contributed by atoms with van der Waals surface area (Å²) in [6.45, 7) is 1.17. The molecule has 0 aliphatic carbocycles. The monoisotopic (exact) mass is 397 g/mol. The van der Waals surface area contributed by atoms with Crippen molar-refractivity contribution in [3.8, 4) is 0 Å². The summed E-state index contributed by atoms with van der Waals surface area (Å²) in [4.78, 5) is 4.98. The van der Waals surface area contributed by atoms with E-state index < -0.39 is 10.0 Å². The van der Waals surface area contributed by atoms with Gasteiger partial charge in [-0.25, -0.2) is 13.4 Å². The van der Waals surface area contributed by atoms with Crippen molar-refractivity contribution >= 4 is 26.9 Å². The van der Waals surface area contributed by atoms with E-state index in [9.17, 15) is 8.42 Å². The summed E-state index contributed by atoms with van der Waals surface area (Å²) >= 11 is 0. The number of sulfonamides is 1. The molecule has 4 rings (SSSR count). The van der Waals surface area contributed by atoms with Crippen LogP contribution in [-0.2, 0) is 23.5 Å². The Morgan fingerprint density at radius 2 is 1.82 bits per heavy atom. The standard InChI is InChI=1S/C20H23N5O2S/c1-24-18-9-8-16(28(26,27)25-10-2-3-11-25)13-17(18)23-19(24)12-14-4-6-15(7-5-14)20(21)22/h4-9,13H,2-3,10-12H2,1H3,(H3,21,22). The normalized spacial score (nSPS) is 15.3. The second kappa shape index (κ2) is 7.03. The molecule has 1 aromatic heterocycles. The fourth-order valence-electron chi connectivity index (χ4n) is 3.61. The first-order valence-electron chi connectivity index (χ1n) is 9.25. The molecule has 0 radical (unpaired) electrons. The predicted molar refractivity (Wildman–Crippen MR) is 109 cm³/mol. The average molecular weight is 398 g/mol. The van der Waals surface area contributed by atoms with Gasteiger partial charge in [-0.1, -0.05) is 24.3 Å².